The van der Waals surface area contributed by atoms with Crippen LogP contribution in [0.2, 0.25) is 0 Å². The van der Waals surface area contributed by atoms with Gasteiger partial charge in [0.05, 0.1) is 21.7 Å². The quantitative estimate of drug-likeness (QED) is 0.271. The predicted octanol–water partition coefficient (Wildman–Crippen LogP) is 4.66. The number of aromatic nitrogens is 2. The maximum Gasteiger partial charge on any atom is 0.300 e. The topological polar surface area (TPSA) is 94.9 Å². The fourth-order valence-electron chi connectivity index (χ4n) is 1.58. The van der Waals surface area contributed by atoms with Gasteiger partial charge in [-0.1, -0.05) is 13.8 Å². The smallest absolute Gasteiger partial charge is 0.300 e. The SMILES string of the molecule is CCCSc1ccncc1N.CCCSc1ccncc1[N+](=O)[O-].[Pd]. The van der Waals surface area contributed by atoms with Crippen molar-refractivity contribution in [1.82, 2.24) is 9.97 Å². The number of nitrogen functional groups attached to an aromatic ring is 1. The summed E-state index contributed by atoms with van der Waals surface area (Å²) in [4.78, 5) is 19.6. The summed E-state index contributed by atoms with van der Waals surface area (Å²) in [5.74, 6) is 2.01. The first-order chi connectivity index (χ1) is 11.6. The number of anilines is 1. The summed E-state index contributed by atoms with van der Waals surface area (Å²) in [7, 11) is 0. The Hall–Kier alpha value is -1.14. The number of nitrogens with two attached hydrogens (primary N) is 1. The van der Waals surface area contributed by atoms with Gasteiger partial charge in [0, 0.05) is 37.7 Å². The summed E-state index contributed by atoms with van der Waals surface area (Å²) < 4.78 is 0. The van der Waals surface area contributed by atoms with Gasteiger partial charge in [-0.15, -0.1) is 23.5 Å². The summed E-state index contributed by atoms with van der Waals surface area (Å²) in [6.45, 7) is 4.20. The molecule has 0 fully saturated rings. The first kappa shape index (κ1) is 23.9. The molecule has 0 atom stereocenters. The molecule has 0 bridgehead atoms. The van der Waals surface area contributed by atoms with E-state index in [-0.39, 0.29) is 26.1 Å². The predicted molar refractivity (Wildman–Crippen MR) is 102 cm³/mol. The minimum Gasteiger partial charge on any atom is -0.397 e. The first-order valence-corrected chi connectivity index (χ1v) is 9.60. The van der Waals surface area contributed by atoms with E-state index in [0.717, 1.165) is 28.5 Å². The molecular formula is C16H22N4O2PdS2. The third-order valence-corrected chi connectivity index (χ3v) is 5.26. The molecule has 9 heteroatoms. The monoisotopic (exact) mass is 472 g/mol. The third kappa shape index (κ3) is 9.21. The number of hydrogen-bond donors (Lipinski definition) is 1. The van der Waals surface area contributed by atoms with Crippen molar-refractivity contribution in [3.05, 3.63) is 47.0 Å². The molecule has 6 nitrogen and oxygen atoms in total. The van der Waals surface area contributed by atoms with Crippen molar-refractivity contribution in [3.8, 4) is 0 Å². The number of hydrogen-bond acceptors (Lipinski definition) is 7. The Bertz CT molecular complexity index is 647. The van der Waals surface area contributed by atoms with Crippen LogP contribution in [0.4, 0.5) is 11.4 Å². The average Bonchev–Trinajstić information content (AvgIpc) is 2.60. The maximum atomic E-state index is 10.5. The summed E-state index contributed by atoms with van der Waals surface area (Å²) in [5, 5.41) is 10.5. The van der Waals surface area contributed by atoms with E-state index in [0.29, 0.717) is 4.90 Å². The molecule has 0 aliphatic rings. The molecule has 2 rings (SSSR count). The van der Waals surface area contributed by atoms with E-state index in [1.165, 1.54) is 24.4 Å². The van der Waals surface area contributed by atoms with E-state index in [1.807, 2.05) is 13.0 Å². The van der Waals surface area contributed by atoms with Gasteiger partial charge in [0.1, 0.15) is 6.20 Å². The maximum absolute atomic E-state index is 10.5. The first-order valence-electron chi connectivity index (χ1n) is 7.63. The second-order valence-electron chi connectivity index (χ2n) is 4.71. The normalized spacial score (nSPS) is 9.52. The van der Waals surface area contributed by atoms with E-state index in [2.05, 4.69) is 16.9 Å². The second kappa shape index (κ2) is 14.1. The van der Waals surface area contributed by atoms with Crippen LogP contribution >= 0.6 is 23.5 Å². The molecule has 0 aliphatic carbocycles. The van der Waals surface area contributed by atoms with E-state index < -0.39 is 4.92 Å². The van der Waals surface area contributed by atoms with Gasteiger partial charge in [0.25, 0.3) is 0 Å². The van der Waals surface area contributed by atoms with Gasteiger partial charge in [-0.25, -0.2) is 0 Å². The summed E-state index contributed by atoms with van der Waals surface area (Å²) >= 11 is 3.28. The summed E-state index contributed by atoms with van der Waals surface area (Å²) in [5.41, 5.74) is 6.56. The molecule has 0 radical (unpaired) electrons. The van der Waals surface area contributed by atoms with Crippen LogP contribution in [0.15, 0.2) is 46.7 Å². The van der Waals surface area contributed by atoms with Crippen LogP contribution in [0, 0.1) is 10.1 Å². The molecule has 0 saturated heterocycles. The molecule has 0 amide bonds. The molecule has 0 spiro atoms. The number of pyridine rings is 2. The van der Waals surface area contributed by atoms with E-state index in [4.69, 9.17) is 5.73 Å². The average molecular weight is 473 g/mol. The minimum atomic E-state index is -0.398. The van der Waals surface area contributed by atoms with Crippen LogP contribution in [-0.2, 0) is 20.4 Å². The van der Waals surface area contributed by atoms with Crippen LogP contribution < -0.4 is 5.73 Å². The number of rotatable bonds is 7. The van der Waals surface area contributed by atoms with Gasteiger partial charge in [-0.05, 0) is 36.5 Å². The van der Waals surface area contributed by atoms with E-state index in [1.54, 1.807) is 36.4 Å². The Morgan fingerprint density at radius 2 is 1.56 bits per heavy atom. The van der Waals surface area contributed by atoms with Gasteiger partial charge < -0.3 is 5.73 Å². The number of thioether (sulfide) groups is 2. The molecule has 2 N–H and O–H groups in total. The van der Waals surface area contributed by atoms with Crippen molar-refractivity contribution >= 4 is 34.9 Å². The minimum absolute atomic E-state index is 0. The van der Waals surface area contributed by atoms with Crippen molar-refractivity contribution < 1.29 is 25.3 Å². The molecular weight excluding hydrogens is 451 g/mol. The Labute approximate surface area is 170 Å². The zero-order valence-corrected chi connectivity index (χ0v) is 17.3. The van der Waals surface area contributed by atoms with Crippen LogP contribution in [-0.4, -0.2) is 26.4 Å². The summed E-state index contributed by atoms with van der Waals surface area (Å²) in [6, 6.07) is 3.63. The standard InChI is InChI=1S/C8H10N2O2S.C8H12N2S.Pd/c1-2-5-13-8-3-4-9-6-7(8)10(11)12;1-2-5-11-8-3-4-10-6-7(8)9;/h3-4,6H,2,5H2,1H3;3-4,6H,2,5,9H2,1H3;. The molecule has 140 valence electrons. The van der Waals surface area contributed by atoms with Crippen molar-refractivity contribution in [2.75, 3.05) is 17.2 Å². The van der Waals surface area contributed by atoms with Crippen LogP contribution in [0.25, 0.3) is 0 Å². The van der Waals surface area contributed by atoms with Gasteiger partial charge in [-0.3, -0.25) is 20.1 Å². The molecule has 2 heterocycles. The van der Waals surface area contributed by atoms with Crippen LogP contribution in [0.5, 0.6) is 0 Å². The fourth-order valence-corrected chi connectivity index (χ4v) is 3.24. The zero-order chi connectivity index (χ0) is 17.8. The van der Waals surface area contributed by atoms with Gasteiger partial charge in [-0.2, -0.15) is 0 Å². The zero-order valence-electron chi connectivity index (χ0n) is 14.2. The Kier molecular flexibility index (Phi) is 13.4. The van der Waals surface area contributed by atoms with E-state index in [9.17, 15) is 10.1 Å². The third-order valence-electron chi connectivity index (χ3n) is 2.69. The fraction of sp³-hybridized carbons (Fsp3) is 0.375. The molecule has 0 saturated carbocycles. The molecule has 2 aromatic heterocycles. The van der Waals surface area contributed by atoms with Crippen LogP contribution in [0.3, 0.4) is 0 Å². The summed E-state index contributed by atoms with van der Waals surface area (Å²) in [6.07, 6.45) is 8.51. The Morgan fingerprint density at radius 3 is 2.08 bits per heavy atom. The van der Waals surface area contributed by atoms with Gasteiger partial charge in [0.2, 0.25) is 0 Å². The number of nitro groups is 1. The molecule has 0 unspecified atom stereocenters. The van der Waals surface area contributed by atoms with Crippen molar-refractivity contribution in [3.63, 3.8) is 0 Å². The Morgan fingerprint density at radius 1 is 1.04 bits per heavy atom. The second-order valence-corrected chi connectivity index (χ2v) is 6.98. The van der Waals surface area contributed by atoms with Crippen molar-refractivity contribution in [1.29, 1.82) is 0 Å². The van der Waals surface area contributed by atoms with Crippen LogP contribution in [0.1, 0.15) is 26.7 Å². The van der Waals surface area contributed by atoms with Gasteiger partial charge >= 0.3 is 5.69 Å². The molecule has 25 heavy (non-hydrogen) atoms. The number of nitrogens with zero attached hydrogens (tertiary/aromatic N) is 3. The Balaban J connectivity index is 0.000000449. The molecule has 0 aromatic carbocycles. The molecule has 2 aromatic rings. The molecule has 0 aliphatic heterocycles. The van der Waals surface area contributed by atoms with E-state index >= 15 is 0 Å². The van der Waals surface area contributed by atoms with Crippen molar-refractivity contribution in [2.45, 2.75) is 36.5 Å². The van der Waals surface area contributed by atoms with Crippen molar-refractivity contribution in [2.24, 2.45) is 0 Å². The van der Waals surface area contributed by atoms with Gasteiger partial charge in [0.15, 0.2) is 0 Å². The largest absolute Gasteiger partial charge is 0.397 e.